The second-order valence-corrected chi connectivity index (χ2v) is 9.25. The summed E-state index contributed by atoms with van der Waals surface area (Å²) in [5.74, 6) is -0.678. The Morgan fingerprint density at radius 3 is 2.51 bits per heavy atom. The van der Waals surface area contributed by atoms with E-state index in [4.69, 9.17) is 0 Å². The van der Waals surface area contributed by atoms with Gasteiger partial charge in [0, 0.05) is 37.1 Å². The molecule has 0 saturated heterocycles. The third-order valence-corrected chi connectivity index (χ3v) is 5.15. The molecule has 0 amide bonds. The summed E-state index contributed by atoms with van der Waals surface area (Å²) in [6.45, 7) is 6.77. The number of nitrogens with one attached hydrogen (secondary N) is 2. The van der Waals surface area contributed by atoms with E-state index in [1.54, 1.807) is 25.4 Å². The molecule has 0 aliphatic carbocycles. The van der Waals surface area contributed by atoms with Crippen molar-refractivity contribution in [1.82, 2.24) is 25.0 Å². The molecule has 0 aliphatic rings. The first kappa shape index (κ1) is 22.2. The number of anilines is 2. The zero-order valence-corrected chi connectivity index (χ0v) is 19.8. The van der Waals surface area contributed by atoms with Crippen molar-refractivity contribution in [1.29, 1.82) is 10.5 Å². The third kappa shape index (κ3) is 5.17. The molecule has 176 valence electrons. The number of benzene rings is 1. The highest BCUT2D eigenvalue weighted by atomic mass is 19.1. The maximum absolute atomic E-state index is 13.6. The van der Waals surface area contributed by atoms with Crippen molar-refractivity contribution >= 4 is 22.3 Å². The normalized spacial score (nSPS) is 13.4. The minimum absolute atomic E-state index is 0.0753. The number of hydrogen-bond acceptors (Lipinski definition) is 8. The Morgan fingerprint density at radius 2 is 1.91 bits per heavy atom. The van der Waals surface area contributed by atoms with Gasteiger partial charge in [-0.3, -0.25) is 9.67 Å². The van der Waals surface area contributed by atoms with Crippen LogP contribution in [0, 0.1) is 34.0 Å². The predicted molar refractivity (Wildman–Crippen MR) is 130 cm³/mol. The number of hydrogen-bond donors (Lipinski definition) is 2. The van der Waals surface area contributed by atoms with Crippen molar-refractivity contribution in [2.24, 2.45) is 12.5 Å². The van der Waals surface area contributed by atoms with Gasteiger partial charge < -0.3 is 10.6 Å². The van der Waals surface area contributed by atoms with Gasteiger partial charge in [0.25, 0.3) is 0 Å². The Balaban J connectivity index is 1.90. The average Bonchev–Trinajstić information content (AvgIpc) is 3.28. The highest BCUT2D eigenvalue weighted by Crippen LogP contribution is 2.34. The van der Waals surface area contributed by atoms with E-state index in [9.17, 15) is 16.3 Å². The van der Waals surface area contributed by atoms with Gasteiger partial charge in [-0.15, -0.1) is 5.10 Å². The Kier molecular flexibility index (Phi) is 5.94. The standard InChI is InChI=1S/C25H24FN9/c1-25(2,3)14-31-23-17(10-28)12-30-22-16(9-27)7-18(8-19(22)23)32-24(20-13-35(4)34-33-20)15-5-6-21(26)29-11-15/h5-8,11-13,24,32H,14H2,1-4H3,(H,30,31)/t24-/m0/s1/i24D. The summed E-state index contributed by atoms with van der Waals surface area (Å²) in [7, 11) is 1.67. The van der Waals surface area contributed by atoms with Crippen LogP contribution in [-0.2, 0) is 7.05 Å². The molecule has 0 fully saturated rings. The first-order chi connectivity index (χ1) is 17.0. The first-order valence-corrected chi connectivity index (χ1v) is 10.8. The van der Waals surface area contributed by atoms with Gasteiger partial charge in [0.15, 0.2) is 0 Å². The number of fused-ring (bicyclic) bond motifs is 1. The molecule has 2 N–H and O–H groups in total. The van der Waals surface area contributed by atoms with Crippen molar-refractivity contribution in [3.05, 3.63) is 71.2 Å². The molecule has 0 saturated carbocycles. The van der Waals surface area contributed by atoms with Gasteiger partial charge in [-0.1, -0.05) is 32.1 Å². The molecule has 0 radical (unpaired) electrons. The van der Waals surface area contributed by atoms with Crippen LogP contribution in [0.1, 0.15) is 50.5 Å². The molecule has 9 nitrogen and oxygen atoms in total. The molecule has 0 bridgehead atoms. The van der Waals surface area contributed by atoms with Crippen molar-refractivity contribution in [3.8, 4) is 12.1 Å². The quantitative estimate of drug-likeness (QED) is 0.399. The highest BCUT2D eigenvalue weighted by molar-refractivity contribution is 5.99. The summed E-state index contributed by atoms with van der Waals surface area (Å²) in [6, 6.07) is 8.51. The van der Waals surface area contributed by atoms with Crippen LogP contribution in [0.25, 0.3) is 10.9 Å². The maximum atomic E-state index is 13.6. The zero-order chi connectivity index (χ0) is 26.1. The second kappa shape index (κ2) is 9.35. The summed E-state index contributed by atoms with van der Waals surface area (Å²) in [4.78, 5) is 8.05. The number of aryl methyl sites for hydroxylation is 1. The van der Waals surface area contributed by atoms with E-state index in [1.165, 1.54) is 23.1 Å². The van der Waals surface area contributed by atoms with E-state index >= 15 is 0 Å². The molecule has 3 heterocycles. The monoisotopic (exact) mass is 470 g/mol. The topological polar surface area (TPSA) is 128 Å². The van der Waals surface area contributed by atoms with Gasteiger partial charge in [-0.05, 0) is 29.2 Å². The van der Waals surface area contributed by atoms with E-state index < -0.39 is 12.0 Å². The smallest absolute Gasteiger partial charge is 0.212 e. The Hall–Kier alpha value is -4.57. The predicted octanol–water partition coefficient (Wildman–Crippen LogP) is 4.30. The number of halogens is 1. The molecule has 3 aromatic heterocycles. The van der Waals surface area contributed by atoms with E-state index in [0.717, 1.165) is 6.07 Å². The molecule has 4 aromatic rings. The van der Waals surface area contributed by atoms with E-state index in [2.05, 4.69) is 63.8 Å². The van der Waals surface area contributed by atoms with E-state index in [-0.39, 0.29) is 16.7 Å². The van der Waals surface area contributed by atoms with E-state index in [1.807, 2.05) is 0 Å². The SMILES string of the molecule is [2H][C@](Nc1cc(C#N)c2ncc(C#N)c(NCC(C)(C)C)c2c1)(c1ccc(F)nc1)c1cn(C)nn1. The van der Waals surface area contributed by atoms with Crippen LogP contribution < -0.4 is 10.6 Å². The van der Waals surface area contributed by atoms with Gasteiger partial charge in [0.2, 0.25) is 5.95 Å². The average molecular weight is 471 g/mol. The Labute approximate surface area is 203 Å². The molecule has 0 spiro atoms. The van der Waals surface area contributed by atoms with Crippen molar-refractivity contribution in [2.45, 2.75) is 26.8 Å². The fourth-order valence-corrected chi connectivity index (χ4v) is 3.50. The zero-order valence-electron chi connectivity index (χ0n) is 20.8. The van der Waals surface area contributed by atoms with Crippen molar-refractivity contribution in [2.75, 3.05) is 17.2 Å². The summed E-state index contributed by atoms with van der Waals surface area (Å²) < 4.78 is 24.3. The largest absolute Gasteiger partial charge is 0.383 e. The molecule has 1 atom stereocenters. The minimum atomic E-state index is -1.71. The van der Waals surface area contributed by atoms with Gasteiger partial charge in [-0.25, -0.2) is 4.98 Å². The highest BCUT2D eigenvalue weighted by Gasteiger charge is 2.21. The Bertz CT molecular complexity index is 1510. The maximum Gasteiger partial charge on any atom is 0.212 e. The van der Waals surface area contributed by atoms with Crippen LogP contribution in [0.3, 0.4) is 0 Å². The molecule has 0 unspecified atom stereocenters. The molecular weight excluding hydrogens is 445 g/mol. The number of pyridine rings is 2. The molecular formula is C25H24FN9. The first-order valence-electron chi connectivity index (χ1n) is 11.3. The van der Waals surface area contributed by atoms with Crippen LogP contribution in [0.15, 0.2) is 42.9 Å². The lowest BCUT2D eigenvalue weighted by atomic mass is 9.96. The van der Waals surface area contributed by atoms with Gasteiger partial charge in [0.05, 0.1) is 35.9 Å². The van der Waals surface area contributed by atoms with Crippen LogP contribution >= 0.6 is 0 Å². The third-order valence-electron chi connectivity index (χ3n) is 5.15. The van der Waals surface area contributed by atoms with Crippen LogP contribution in [0.4, 0.5) is 15.8 Å². The number of nitrogens with zero attached hydrogens (tertiary/aromatic N) is 7. The summed E-state index contributed by atoms with van der Waals surface area (Å²) >= 11 is 0. The van der Waals surface area contributed by atoms with Crippen molar-refractivity contribution < 1.29 is 5.76 Å². The van der Waals surface area contributed by atoms with Gasteiger partial charge in [0.1, 0.15) is 17.8 Å². The molecule has 35 heavy (non-hydrogen) atoms. The summed E-state index contributed by atoms with van der Waals surface area (Å²) in [5.41, 5.74) is 2.46. The van der Waals surface area contributed by atoms with E-state index in [0.29, 0.717) is 39.9 Å². The van der Waals surface area contributed by atoms with Crippen LogP contribution in [-0.4, -0.2) is 31.5 Å². The molecule has 1 aromatic carbocycles. The number of aromatic nitrogens is 5. The fraction of sp³-hybridized carbons (Fsp3) is 0.280. The minimum Gasteiger partial charge on any atom is -0.383 e. The fourth-order valence-electron chi connectivity index (χ4n) is 3.50. The number of rotatable bonds is 6. The Morgan fingerprint density at radius 1 is 1.14 bits per heavy atom. The van der Waals surface area contributed by atoms with Crippen LogP contribution in [0.2, 0.25) is 0 Å². The second-order valence-electron chi connectivity index (χ2n) is 9.25. The lowest BCUT2D eigenvalue weighted by molar-refractivity contribution is 0.443. The van der Waals surface area contributed by atoms with Crippen LogP contribution in [0.5, 0.6) is 0 Å². The molecule has 10 heteroatoms. The number of nitriles is 2. The summed E-state index contributed by atoms with van der Waals surface area (Å²) in [5, 5.41) is 34.6. The van der Waals surface area contributed by atoms with Gasteiger partial charge in [-0.2, -0.15) is 14.9 Å². The van der Waals surface area contributed by atoms with Gasteiger partial charge >= 0.3 is 0 Å². The molecule has 0 aliphatic heterocycles. The van der Waals surface area contributed by atoms with Crippen molar-refractivity contribution in [3.63, 3.8) is 0 Å². The molecule has 4 rings (SSSR count). The lowest BCUT2D eigenvalue weighted by Gasteiger charge is -2.22. The summed E-state index contributed by atoms with van der Waals surface area (Å²) in [6.07, 6.45) is 4.27. The lowest BCUT2D eigenvalue weighted by Crippen LogP contribution is -2.20.